The second-order valence-electron chi connectivity index (χ2n) is 9.52. The number of rotatable bonds is 3. The highest BCUT2D eigenvalue weighted by Gasteiger charge is 2.31. The van der Waals surface area contributed by atoms with E-state index in [4.69, 9.17) is 0 Å². The third kappa shape index (κ3) is 4.05. The van der Waals surface area contributed by atoms with Crippen molar-refractivity contribution in [3.05, 3.63) is 46.5 Å². The molecule has 2 aliphatic heterocycles. The lowest BCUT2D eigenvalue weighted by atomic mass is 9.92. The predicted octanol–water partition coefficient (Wildman–Crippen LogP) is 3.34. The van der Waals surface area contributed by atoms with Gasteiger partial charge in [0.1, 0.15) is 5.69 Å². The first-order valence-electron chi connectivity index (χ1n) is 12.2. The number of amides is 2. The van der Waals surface area contributed by atoms with Crippen molar-refractivity contribution in [2.45, 2.75) is 63.7 Å². The van der Waals surface area contributed by atoms with Crippen LogP contribution in [0.25, 0.3) is 0 Å². The van der Waals surface area contributed by atoms with Crippen molar-refractivity contribution in [2.24, 2.45) is 7.05 Å². The molecule has 0 saturated carbocycles. The van der Waals surface area contributed by atoms with Crippen molar-refractivity contribution in [3.63, 3.8) is 0 Å². The van der Waals surface area contributed by atoms with E-state index in [-0.39, 0.29) is 17.7 Å². The number of nitrogens with zero attached hydrogens (tertiary/aromatic N) is 5. The lowest BCUT2D eigenvalue weighted by Gasteiger charge is -2.33. The Kier molecular flexibility index (Phi) is 5.98. The number of hydrogen-bond acceptors (Lipinski definition) is 4. The van der Waals surface area contributed by atoms with Gasteiger partial charge in [-0.3, -0.25) is 19.3 Å². The zero-order valence-corrected chi connectivity index (χ0v) is 19.1. The fraction of sp³-hybridized carbons (Fsp3) is 0.600. The first-order valence-corrected chi connectivity index (χ1v) is 12.2. The van der Waals surface area contributed by atoms with E-state index in [9.17, 15) is 9.59 Å². The average molecular weight is 436 g/mol. The van der Waals surface area contributed by atoms with Gasteiger partial charge >= 0.3 is 0 Å². The number of pyridine rings is 1. The molecule has 0 bridgehead atoms. The van der Waals surface area contributed by atoms with E-state index in [0.717, 1.165) is 93.6 Å². The highest BCUT2D eigenvalue weighted by atomic mass is 16.2. The second-order valence-corrected chi connectivity index (χ2v) is 9.52. The molecule has 0 spiro atoms. The van der Waals surface area contributed by atoms with Gasteiger partial charge in [0, 0.05) is 56.6 Å². The van der Waals surface area contributed by atoms with Gasteiger partial charge < -0.3 is 9.80 Å². The zero-order chi connectivity index (χ0) is 22.1. The summed E-state index contributed by atoms with van der Waals surface area (Å²) in [6.07, 6.45) is 11.3. The van der Waals surface area contributed by atoms with Crippen LogP contribution < -0.4 is 0 Å². The Morgan fingerprint density at radius 3 is 2.47 bits per heavy atom. The molecule has 2 aromatic rings. The summed E-state index contributed by atoms with van der Waals surface area (Å²) in [6.45, 7) is 3.14. The number of carbonyl (C=O) groups is 2. The van der Waals surface area contributed by atoms with Crippen LogP contribution in [0, 0.1) is 0 Å². The van der Waals surface area contributed by atoms with Gasteiger partial charge in [-0.15, -0.1) is 0 Å². The molecule has 0 aromatic carbocycles. The van der Waals surface area contributed by atoms with Crippen molar-refractivity contribution >= 4 is 11.8 Å². The summed E-state index contributed by atoms with van der Waals surface area (Å²) in [5.74, 6) is 0.394. The number of piperidine rings is 2. The minimum atomic E-state index is 0.0881. The first-order chi connectivity index (χ1) is 15.6. The maximum absolute atomic E-state index is 13.4. The van der Waals surface area contributed by atoms with Crippen molar-refractivity contribution in [2.75, 3.05) is 26.2 Å². The molecule has 7 heteroatoms. The van der Waals surface area contributed by atoms with Crippen LogP contribution in [0.15, 0.2) is 18.3 Å². The van der Waals surface area contributed by atoms with Crippen LogP contribution in [0.5, 0.6) is 0 Å². The van der Waals surface area contributed by atoms with E-state index in [1.165, 1.54) is 6.42 Å². The normalized spacial score (nSPS) is 21.3. The molecule has 2 saturated heterocycles. The summed E-state index contributed by atoms with van der Waals surface area (Å²) >= 11 is 0. The SMILES string of the molecule is Cn1nc2c(c1C(=O)N1CCCC(c3ccc(C(=O)N4CCCCC4)cn3)C1)CCCC2. The van der Waals surface area contributed by atoms with Crippen LogP contribution in [-0.2, 0) is 19.9 Å². The summed E-state index contributed by atoms with van der Waals surface area (Å²) in [7, 11) is 1.90. The maximum atomic E-state index is 13.4. The van der Waals surface area contributed by atoms with Crippen LogP contribution in [0.2, 0.25) is 0 Å². The molecule has 5 rings (SSSR count). The minimum absolute atomic E-state index is 0.0881. The monoisotopic (exact) mass is 435 g/mol. The molecular weight excluding hydrogens is 402 g/mol. The Morgan fingerprint density at radius 1 is 0.906 bits per heavy atom. The third-order valence-corrected chi connectivity index (χ3v) is 7.32. The van der Waals surface area contributed by atoms with Crippen LogP contribution >= 0.6 is 0 Å². The molecule has 4 heterocycles. The fourth-order valence-corrected chi connectivity index (χ4v) is 5.55. The minimum Gasteiger partial charge on any atom is -0.339 e. The van der Waals surface area contributed by atoms with E-state index in [1.54, 1.807) is 10.9 Å². The van der Waals surface area contributed by atoms with Gasteiger partial charge in [-0.05, 0) is 69.9 Å². The molecule has 2 amide bonds. The molecule has 0 radical (unpaired) electrons. The fourth-order valence-electron chi connectivity index (χ4n) is 5.55. The molecule has 7 nitrogen and oxygen atoms in total. The largest absolute Gasteiger partial charge is 0.339 e. The molecule has 3 aliphatic rings. The molecule has 1 aliphatic carbocycles. The number of fused-ring (bicyclic) bond motifs is 1. The van der Waals surface area contributed by atoms with Gasteiger partial charge in [-0.25, -0.2) is 0 Å². The molecule has 2 aromatic heterocycles. The Morgan fingerprint density at radius 2 is 1.69 bits per heavy atom. The van der Waals surface area contributed by atoms with Crippen LogP contribution in [-0.4, -0.2) is 62.6 Å². The van der Waals surface area contributed by atoms with Crippen molar-refractivity contribution < 1.29 is 9.59 Å². The van der Waals surface area contributed by atoms with E-state index in [2.05, 4.69) is 10.1 Å². The quantitative estimate of drug-likeness (QED) is 0.741. The Labute approximate surface area is 189 Å². The standard InChI is InChI=1S/C25H33N5O2/c1-28-23(20-9-3-4-10-22(20)27-28)25(32)30-15-7-8-19(17-30)21-12-11-18(16-26-21)24(31)29-13-5-2-6-14-29/h11-12,16,19H,2-10,13-15,17H2,1H3. The smallest absolute Gasteiger partial charge is 0.272 e. The van der Waals surface area contributed by atoms with Crippen LogP contribution in [0.1, 0.15) is 88.7 Å². The number of aryl methyl sites for hydroxylation is 2. The average Bonchev–Trinajstić information content (AvgIpc) is 3.19. The van der Waals surface area contributed by atoms with Crippen molar-refractivity contribution in [1.82, 2.24) is 24.6 Å². The number of likely N-dealkylation sites (tertiary alicyclic amines) is 2. The first kappa shape index (κ1) is 21.2. The second kappa shape index (κ2) is 9.04. The highest BCUT2D eigenvalue weighted by molar-refractivity contribution is 5.95. The lowest BCUT2D eigenvalue weighted by Crippen LogP contribution is -2.40. The van der Waals surface area contributed by atoms with Gasteiger partial charge in [0.15, 0.2) is 0 Å². The molecular formula is C25H33N5O2. The third-order valence-electron chi connectivity index (χ3n) is 7.32. The summed E-state index contributed by atoms with van der Waals surface area (Å²) in [4.78, 5) is 34.8. The highest BCUT2D eigenvalue weighted by Crippen LogP contribution is 2.29. The van der Waals surface area contributed by atoms with E-state index in [1.807, 2.05) is 29.0 Å². The summed E-state index contributed by atoms with van der Waals surface area (Å²) in [5, 5.41) is 4.63. The predicted molar refractivity (Wildman–Crippen MR) is 122 cm³/mol. The van der Waals surface area contributed by atoms with Crippen LogP contribution in [0.3, 0.4) is 0 Å². The van der Waals surface area contributed by atoms with Gasteiger partial charge in [0.25, 0.3) is 11.8 Å². The van der Waals surface area contributed by atoms with Crippen molar-refractivity contribution in [1.29, 1.82) is 0 Å². The number of aromatic nitrogens is 3. The molecule has 2 fully saturated rings. The van der Waals surface area contributed by atoms with Gasteiger partial charge in [0.05, 0.1) is 11.3 Å². The van der Waals surface area contributed by atoms with Gasteiger partial charge in [-0.1, -0.05) is 0 Å². The van der Waals surface area contributed by atoms with E-state index < -0.39 is 0 Å². The molecule has 0 N–H and O–H groups in total. The Bertz CT molecular complexity index is 991. The summed E-state index contributed by atoms with van der Waals surface area (Å²) in [6, 6.07) is 3.90. The zero-order valence-electron chi connectivity index (χ0n) is 19.1. The summed E-state index contributed by atoms with van der Waals surface area (Å²) in [5.41, 5.74) is 4.68. The number of hydrogen-bond donors (Lipinski definition) is 0. The van der Waals surface area contributed by atoms with Gasteiger partial charge in [-0.2, -0.15) is 5.10 Å². The molecule has 32 heavy (non-hydrogen) atoms. The van der Waals surface area contributed by atoms with Crippen LogP contribution in [0.4, 0.5) is 0 Å². The van der Waals surface area contributed by atoms with E-state index >= 15 is 0 Å². The summed E-state index contributed by atoms with van der Waals surface area (Å²) < 4.78 is 1.79. The Balaban J connectivity index is 1.28. The maximum Gasteiger partial charge on any atom is 0.272 e. The number of carbonyl (C=O) groups excluding carboxylic acids is 2. The van der Waals surface area contributed by atoms with Crippen molar-refractivity contribution in [3.8, 4) is 0 Å². The van der Waals surface area contributed by atoms with E-state index in [0.29, 0.717) is 12.1 Å². The molecule has 1 unspecified atom stereocenters. The lowest BCUT2D eigenvalue weighted by molar-refractivity contribution is 0.0693. The molecule has 170 valence electrons. The topological polar surface area (TPSA) is 71.3 Å². The van der Waals surface area contributed by atoms with Gasteiger partial charge in [0.2, 0.25) is 0 Å². The Hall–Kier alpha value is -2.70. The molecule has 1 atom stereocenters.